The van der Waals surface area contributed by atoms with Gasteiger partial charge in [-0.15, -0.1) is 0 Å². The van der Waals surface area contributed by atoms with Gasteiger partial charge in [-0.1, -0.05) is 0 Å². The van der Waals surface area contributed by atoms with E-state index in [2.05, 4.69) is 17.6 Å². The Labute approximate surface area is 101 Å². The molecular weight excluding hydrogens is 218 g/mol. The number of hydrogen-bond acceptors (Lipinski definition) is 3. The maximum absolute atomic E-state index is 11.3. The van der Waals surface area contributed by atoms with Crippen molar-refractivity contribution in [2.24, 2.45) is 0 Å². The van der Waals surface area contributed by atoms with Crippen LogP contribution in [0, 0.1) is 6.92 Å². The van der Waals surface area contributed by atoms with Crippen molar-refractivity contribution >= 4 is 6.03 Å². The molecule has 1 atom stereocenters. The average Bonchev–Trinajstić information content (AvgIpc) is 2.88. The maximum Gasteiger partial charge on any atom is 0.317 e. The van der Waals surface area contributed by atoms with Crippen LogP contribution >= 0.6 is 0 Å². The molecule has 0 radical (unpaired) electrons. The van der Waals surface area contributed by atoms with Gasteiger partial charge >= 0.3 is 6.03 Å². The van der Waals surface area contributed by atoms with Crippen molar-refractivity contribution in [3.63, 3.8) is 0 Å². The summed E-state index contributed by atoms with van der Waals surface area (Å²) >= 11 is 0. The Kier molecular flexibility index (Phi) is 3.68. The Balaban J connectivity index is 1.73. The van der Waals surface area contributed by atoms with Gasteiger partial charge in [0.25, 0.3) is 0 Å². The van der Waals surface area contributed by atoms with Crippen LogP contribution in [0.4, 0.5) is 4.79 Å². The van der Waals surface area contributed by atoms with E-state index in [1.165, 1.54) is 0 Å². The zero-order chi connectivity index (χ0) is 12.3. The number of rotatable bonds is 5. The Morgan fingerprint density at radius 1 is 1.59 bits per heavy atom. The van der Waals surface area contributed by atoms with E-state index < -0.39 is 0 Å². The van der Waals surface area contributed by atoms with Gasteiger partial charge in [0.1, 0.15) is 11.5 Å². The molecular formula is C12H19N3O2. The molecule has 1 aromatic heterocycles. The molecule has 2 N–H and O–H groups in total. The van der Waals surface area contributed by atoms with Crippen LogP contribution in [0.25, 0.3) is 0 Å². The molecule has 17 heavy (non-hydrogen) atoms. The van der Waals surface area contributed by atoms with Crippen LogP contribution in [0.2, 0.25) is 0 Å². The number of hydrogen-bond donors (Lipinski definition) is 2. The Bertz CT molecular complexity index is 389. The molecule has 0 saturated carbocycles. The fraction of sp³-hybridized carbons (Fsp3) is 0.583. The predicted octanol–water partition coefficient (Wildman–Crippen LogP) is 1.26. The van der Waals surface area contributed by atoms with E-state index in [1.807, 2.05) is 24.0 Å². The quantitative estimate of drug-likeness (QED) is 0.810. The topological polar surface area (TPSA) is 57.5 Å². The number of amides is 2. The summed E-state index contributed by atoms with van der Waals surface area (Å²) in [4.78, 5) is 13.1. The molecule has 1 aromatic rings. The summed E-state index contributed by atoms with van der Waals surface area (Å²) in [5.41, 5.74) is 0. The minimum atomic E-state index is 0.0355. The van der Waals surface area contributed by atoms with Crippen LogP contribution < -0.4 is 10.6 Å². The molecule has 2 rings (SSSR count). The first-order valence-corrected chi connectivity index (χ1v) is 5.99. The van der Waals surface area contributed by atoms with Gasteiger partial charge in [0.05, 0.1) is 6.04 Å². The predicted molar refractivity (Wildman–Crippen MR) is 64.8 cm³/mol. The monoisotopic (exact) mass is 237 g/mol. The summed E-state index contributed by atoms with van der Waals surface area (Å²) in [5, 5.41) is 6.13. The number of nitrogens with one attached hydrogen (secondary N) is 2. The molecule has 1 fully saturated rings. The highest BCUT2D eigenvalue weighted by Gasteiger charge is 2.18. The number of nitrogens with zero attached hydrogens (tertiary/aromatic N) is 1. The second kappa shape index (κ2) is 5.23. The van der Waals surface area contributed by atoms with E-state index >= 15 is 0 Å². The third kappa shape index (κ3) is 3.00. The molecule has 1 aliphatic rings. The SMILES string of the molecule is Cc1ccc(C(C)NCCN2CCNC2=O)o1. The first-order valence-electron chi connectivity index (χ1n) is 5.99. The van der Waals surface area contributed by atoms with E-state index in [0.717, 1.165) is 37.7 Å². The van der Waals surface area contributed by atoms with Crippen molar-refractivity contribution in [3.8, 4) is 0 Å². The molecule has 1 unspecified atom stereocenters. The molecule has 1 saturated heterocycles. The van der Waals surface area contributed by atoms with Gasteiger partial charge in [0, 0.05) is 26.2 Å². The van der Waals surface area contributed by atoms with Gasteiger partial charge in [-0.25, -0.2) is 4.79 Å². The zero-order valence-corrected chi connectivity index (χ0v) is 10.3. The number of carbonyl (C=O) groups is 1. The molecule has 5 nitrogen and oxygen atoms in total. The molecule has 0 spiro atoms. The van der Waals surface area contributed by atoms with Crippen LogP contribution in [0.5, 0.6) is 0 Å². The fourth-order valence-electron chi connectivity index (χ4n) is 1.93. The van der Waals surface area contributed by atoms with E-state index in [9.17, 15) is 4.79 Å². The summed E-state index contributed by atoms with van der Waals surface area (Å²) in [7, 11) is 0. The second-order valence-corrected chi connectivity index (χ2v) is 4.34. The molecule has 1 aliphatic heterocycles. The third-order valence-electron chi connectivity index (χ3n) is 2.97. The van der Waals surface area contributed by atoms with Crippen LogP contribution in [0.15, 0.2) is 16.5 Å². The lowest BCUT2D eigenvalue weighted by atomic mass is 10.2. The first kappa shape index (κ1) is 12.0. The van der Waals surface area contributed by atoms with E-state index in [0.29, 0.717) is 0 Å². The molecule has 0 aliphatic carbocycles. The minimum absolute atomic E-state index is 0.0355. The van der Waals surface area contributed by atoms with Crippen LogP contribution in [-0.2, 0) is 0 Å². The number of furan rings is 1. The first-order chi connectivity index (χ1) is 8.16. The number of carbonyl (C=O) groups excluding carboxylic acids is 1. The largest absolute Gasteiger partial charge is 0.465 e. The molecule has 2 amide bonds. The van der Waals surface area contributed by atoms with Gasteiger partial charge < -0.3 is 20.0 Å². The Morgan fingerprint density at radius 3 is 3.00 bits per heavy atom. The van der Waals surface area contributed by atoms with Crippen LogP contribution in [0.1, 0.15) is 24.5 Å². The standard InChI is InChI=1S/C12H19N3O2/c1-9-3-4-11(17-9)10(2)13-5-7-15-8-6-14-12(15)16/h3-4,10,13H,5-8H2,1-2H3,(H,14,16). The molecule has 5 heteroatoms. The third-order valence-corrected chi connectivity index (χ3v) is 2.97. The van der Waals surface area contributed by atoms with Crippen molar-refractivity contribution in [2.45, 2.75) is 19.9 Å². The van der Waals surface area contributed by atoms with Gasteiger partial charge in [0.15, 0.2) is 0 Å². The van der Waals surface area contributed by atoms with E-state index in [4.69, 9.17) is 4.42 Å². The van der Waals surface area contributed by atoms with Gasteiger partial charge in [-0.2, -0.15) is 0 Å². The van der Waals surface area contributed by atoms with Gasteiger partial charge in [-0.05, 0) is 26.0 Å². The fourth-order valence-corrected chi connectivity index (χ4v) is 1.93. The van der Waals surface area contributed by atoms with Crippen molar-refractivity contribution < 1.29 is 9.21 Å². The minimum Gasteiger partial charge on any atom is -0.465 e. The molecule has 94 valence electrons. The molecule has 2 heterocycles. The number of urea groups is 1. The molecule has 0 aromatic carbocycles. The van der Waals surface area contributed by atoms with Crippen molar-refractivity contribution in [1.29, 1.82) is 0 Å². The lowest BCUT2D eigenvalue weighted by Gasteiger charge is -2.16. The lowest BCUT2D eigenvalue weighted by molar-refractivity contribution is 0.216. The summed E-state index contributed by atoms with van der Waals surface area (Å²) in [6, 6.07) is 4.15. The smallest absolute Gasteiger partial charge is 0.317 e. The highest BCUT2D eigenvalue weighted by molar-refractivity contribution is 5.76. The Hall–Kier alpha value is -1.49. The summed E-state index contributed by atoms with van der Waals surface area (Å²) in [5.74, 6) is 1.86. The highest BCUT2D eigenvalue weighted by atomic mass is 16.3. The van der Waals surface area contributed by atoms with Crippen LogP contribution in [-0.4, -0.2) is 37.1 Å². The van der Waals surface area contributed by atoms with Gasteiger partial charge in [-0.3, -0.25) is 0 Å². The zero-order valence-electron chi connectivity index (χ0n) is 10.3. The Morgan fingerprint density at radius 2 is 2.41 bits per heavy atom. The van der Waals surface area contributed by atoms with E-state index in [1.54, 1.807) is 0 Å². The second-order valence-electron chi connectivity index (χ2n) is 4.34. The molecule has 0 bridgehead atoms. The van der Waals surface area contributed by atoms with Crippen molar-refractivity contribution in [2.75, 3.05) is 26.2 Å². The summed E-state index contributed by atoms with van der Waals surface area (Å²) in [6.07, 6.45) is 0. The van der Waals surface area contributed by atoms with Crippen LogP contribution in [0.3, 0.4) is 0 Å². The van der Waals surface area contributed by atoms with Crippen molar-refractivity contribution in [1.82, 2.24) is 15.5 Å². The summed E-state index contributed by atoms with van der Waals surface area (Å²) < 4.78 is 5.53. The average molecular weight is 237 g/mol. The van der Waals surface area contributed by atoms with Gasteiger partial charge in [0.2, 0.25) is 0 Å². The summed E-state index contributed by atoms with van der Waals surface area (Å²) in [6.45, 7) is 7.05. The van der Waals surface area contributed by atoms with Crippen molar-refractivity contribution in [3.05, 3.63) is 23.7 Å². The lowest BCUT2D eigenvalue weighted by Crippen LogP contribution is -2.35. The number of aryl methyl sites for hydroxylation is 1. The maximum atomic E-state index is 11.3. The highest BCUT2D eigenvalue weighted by Crippen LogP contribution is 2.15. The normalized spacial score (nSPS) is 17.3. The van der Waals surface area contributed by atoms with E-state index in [-0.39, 0.29) is 12.1 Å².